The Balaban J connectivity index is 1.87. The molecule has 1 fully saturated rings. The molecule has 1 saturated carbocycles. The highest BCUT2D eigenvalue weighted by Crippen LogP contribution is 2.31. The fourth-order valence-electron chi connectivity index (χ4n) is 2.67. The van der Waals surface area contributed by atoms with Gasteiger partial charge in [0.1, 0.15) is 0 Å². The predicted octanol–water partition coefficient (Wildman–Crippen LogP) is 5.09. The molecule has 0 spiro atoms. The zero-order valence-electron chi connectivity index (χ0n) is 11.8. The molecule has 0 N–H and O–H groups in total. The van der Waals surface area contributed by atoms with Crippen LogP contribution in [-0.2, 0) is 0 Å². The minimum Gasteiger partial charge on any atom is -0.204 e. The Labute approximate surface area is 119 Å². The second-order valence-electron chi connectivity index (χ2n) is 5.45. The summed E-state index contributed by atoms with van der Waals surface area (Å²) in [5.74, 6) is 5.57. The minimum atomic E-state index is -0.848. The Morgan fingerprint density at radius 3 is 2.55 bits per heavy atom. The van der Waals surface area contributed by atoms with Gasteiger partial charge in [0.25, 0.3) is 0 Å². The lowest BCUT2D eigenvalue weighted by Crippen LogP contribution is -2.11. The van der Waals surface area contributed by atoms with Gasteiger partial charge in [-0.3, -0.25) is 0 Å². The average Bonchev–Trinajstić information content (AvgIpc) is 2.48. The Kier molecular flexibility index (Phi) is 5.35. The van der Waals surface area contributed by atoms with Crippen LogP contribution >= 0.6 is 0 Å². The fraction of sp³-hybridized carbons (Fsp3) is 0.444. The molecule has 0 bridgehead atoms. The van der Waals surface area contributed by atoms with Crippen molar-refractivity contribution in [3.8, 4) is 11.8 Å². The Bertz CT molecular complexity index is 526. The van der Waals surface area contributed by atoms with Gasteiger partial charge in [-0.1, -0.05) is 31.3 Å². The molecule has 106 valence electrons. The van der Waals surface area contributed by atoms with Gasteiger partial charge >= 0.3 is 0 Å². The van der Waals surface area contributed by atoms with Crippen molar-refractivity contribution in [3.63, 3.8) is 0 Å². The number of rotatable bonds is 2. The second-order valence-corrected chi connectivity index (χ2v) is 5.45. The molecule has 1 aromatic carbocycles. The molecular weight excluding hydrogens is 254 g/mol. The second kappa shape index (κ2) is 7.24. The summed E-state index contributed by atoms with van der Waals surface area (Å²) < 4.78 is 25.7. The third-order valence-electron chi connectivity index (χ3n) is 4.06. The van der Waals surface area contributed by atoms with E-state index in [0.29, 0.717) is 11.5 Å². The van der Waals surface area contributed by atoms with Gasteiger partial charge in [0.05, 0.1) is 0 Å². The molecule has 0 heterocycles. The van der Waals surface area contributed by atoms with Crippen molar-refractivity contribution in [3.05, 3.63) is 47.5 Å². The Morgan fingerprint density at radius 2 is 1.90 bits per heavy atom. The van der Waals surface area contributed by atoms with Crippen molar-refractivity contribution in [1.29, 1.82) is 0 Å². The van der Waals surface area contributed by atoms with Crippen LogP contribution in [0.2, 0.25) is 0 Å². The molecule has 1 aromatic rings. The van der Waals surface area contributed by atoms with Gasteiger partial charge in [0, 0.05) is 5.56 Å². The summed E-state index contributed by atoms with van der Waals surface area (Å²) in [5, 5.41) is 0. The number of allylic oxidation sites excluding steroid dienone is 2. The largest absolute Gasteiger partial charge is 0.204 e. The Morgan fingerprint density at radius 1 is 1.15 bits per heavy atom. The molecule has 0 saturated heterocycles. The lowest BCUT2D eigenvalue weighted by Gasteiger charge is -2.25. The van der Waals surface area contributed by atoms with E-state index >= 15 is 0 Å². The molecule has 0 radical (unpaired) electrons. The van der Waals surface area contributed by atoms with Crippen LogP contribution in [0.4, 0.5) is 8.78 Å². The minimum absolute atomic E-state index is 0.503. The van der Waals surface area contributed by atoms with Crippen LogP contribution in [0.3, 0.4) is 0 Å². The van der Waals surface area contributed by atoms with Crippen molar-refractivity contribution < 1.29 is 8.78 Å². The zero-order valence-corrected chi connectivity index (χ0v) is 11.8. The van der Waals surface area contributed by atoms with E-state index in [-0.39, 0.29) is 0 Å². The number of benzene rings is 1. The summed E-state index contributed by atoms with van der Waals surface area (Å²) in [6, 6.07) is 3.73. The quantitative estimate of drug-likeness (QED) is 0.659. The first-order chi connectivity index (χ1) is 9.69. The molecular formula is C18H20F2. The lowest BCUT2D eigenvalue weighted by atomic mass is 9.81. The lowest BCUT2D eigenvalue weighted by molar-refractivity contribution is 0.304. The fourth-order valence-corrected chi connectivity index (χ4v) is 2.67. The third kappa shape index (κ3) is 4.20. The maximum atomic E-state index is 13.0. The SMILES string of the molecule is CC[C@H]1CC[C@H](/C=C/C#Cc2ccc(F)c(F)c2)CC1. The van der Waals surface area contributed by atoms with Crippen LogP contribution in [0.15, 0.2) is 30.4 Å². The molecule has 2 heteroatoms. The molecule has 0 aliphatic heterocycles. The van der Waals surface area contributed by atoms with E-state index in [0.717, 1.165) is 18.1 Å². The average molecular weight is 274 g/mol. The van der Waals surface area contributed by atoms with E-state index in [1.807, 2.05) is 6.08 Å². The van der Waals surface area contributed by atoms with Crippen molar-refractivity contribution in [1.82, 2.24) is 0 Å². The summed E-state index contributed by atoms with van der Waals surface area (Å²) in [6.07, 6.45) is 10.4. The number of hydrogen-bond acceptors (Lipinski definition) is 0. The highest BCUT2D eigenvalue weighted by Gasteiger charge is 2.17. The van der Waals surface area contributed by atoms with Crippen LogP contribution in [0.5, 0.6) is 0 Å². The van der Waals surface area contributed by atoms with Gasteiger partial charge in [-0.25, -0.2) is 8.78 Å². The molecule has 0 aromatic heterocycles. The zero-order chi connectivity index (χ0) is 14.4. The molecule has 0 amide bonds. The van der Waals surface area contributed by atoms with Gasteiger partial charge in [-0.05, 0) is 61.8 Å². The predicted molar refractivity (Wildman–Crippen MR) is 78.1 cm³/mol. The number of halogens is 2. The summed E-state index contributed by atoms with van der Waals surface area (Å²) in [6.45, 7) is 2.26. The number of hydrogen-bond donors (Lipinski definition) is 0. The topological polar surface area (TPSA) is 0 Å². The first-order valence-electron chi connectivity index (χ1n) is 7.32. The molecule has 1 aliphatic rings. The van der Waals surface area contributed by atoms with E-state index in [1.54, 1.807) is 0 Å². The molecule has 0 atom stereocenters. The van der Waals surface area contributed by atoms with Crippen molar-refractivity contribution in [2.75, 3.05) is 0 Å². The van der Waals surface area contributed by atoms with Crippen molar-refractivity contribution >= 4 is 0 Å². The van der Waals surface area contributed by atoms with Crippen molar-refractivity contribution in [2.45, 2.75) is 39.0 Å². The van der Waals surface area contributed by atoms with Gasteiger partial charge in [-0.2, -0.15) is 0 Å². The van der Waals surface area contributed by atoms with E-state index in [9.17, 15) is 8.78 Å². The van der Waals surface area contributed by atoms with Crippen LogP contribution in [-0.4, -0.2) is 0 Å². The monoisotopic (exact) mass is 274 g/mol. The normalized spacial score (nSPS) is 22.6. The molecule has 0 nitrogen and oxygen atoms in total. The van der Waals surface area contributed by atoms with Gasteiger partial charge < -0.3 is 0 Å². The van der Waals surface area contributed by atoms with Crippen LogP contribution in [0.1, 0.15) is 44.6 Å². The Hall–Kier alpha value is -1.62. The van der Waals surface area contributed by atoms with Gasteiger partial charge in [0.2, 0.25) is 0 Å². The molecule has 2 rings (SSSR count). The summed E-state index contributed by atoms with van der Waals surface area (Å²) >= 11 is 0. The van der Waals surface area contributed by atoms with Crippen LogP contribution in [0.25, 0.3) is 0 Å². The summed E-state index contributed by atoms with van der Waals surface area (Å²) in [5.41, 5.74) is 0.503. The van der Waals surface area contributed by atoms with Crippen molar-refractivity contribution in [2.24, 2.45) is 11.8 Å². The van der Waals surface area contributed by atoms with Crippen LogP contribution in [0, 0.1) is 35.3 Å². The molecule has 0 unspecified atom stereocenters. The first kappa shape index (κ1) is 14.8. The molecule has 1 aliphatic carbocycles. The standard InChI is InChI=1S/C18H20F2/c1-2-14-7-9-15(10-8-14)5-3-4-6-16-11-12-17(19)18(20)13-16/h3,5,11-15H,2,7-10H2,1H3/b5-3+/t14-,15-. The maximum Gasteiger partial charge on any atom is 0.160 e. The van der Waals surface area contributed by atoms with Crippen LogP contribution < -0.4 is 0 Å². The van der Waals surface area contributed by atoms with E-state index in [2.05, 4.69) is 24.8 Å². The third-order valence-corrected chi connectivity index (χ3v) is 4.06. The highest BCUT2D eigenvalue weighted by atomic mass is 19.2. The van der Waals surface area contributed by atoms with E-state index in [4.69, 9.17) is 0 Å². The highest BCUT2D eigenvalue weighted by molar-refractivity contribution is 5.37. The summed E-state index contributed by atoms with van der Waals surface area (Å²) in [7, 11) is 0. The molecule has 20 heavy (non-hydrogen) atoms. The smallest absolute Gasteiger partial charge is 0.160 e. The summed E-state index contributed by atoms with van der Waals surface area (Å²) in [4.78, 5) is 0. The first-order valence-corrected chi connectivity index (χ1v) is 7.32. The van der Waals surface area contributed by atoms with Gasteiger partial charge in [0.15, 0.2) is 11.6 Å². The van der Waals surface area contributed by atoms with E-state index in [1.165, 1.54) is 38.2 Å². The maximum absolute atomic E-state index is 13.0. The van der Waals surface area contributed by atoms with E-state index < -0.39 is 11.6 Å². The van der Waals surface area contributed by atoms with Gasteiger partial charge in [-0.15, -0.1) is 0 Å².